The van der Waals surface area contributed by atoms with Crippen LogP contribution in [0.4, 0.5) is 8.78 Å². The normalized spacial score (nSPS) is 17.6. The number of benzene rings is 2. The lowest BCUT2D eigenvalue weighted by molar-refractivity contribution is -0.377. The first-order valence-electron chi connectivity index (χ1n) is 13.4. The molecule has 7 nitrogen and oxygen atoms in total. The number of carbonyl (C=O) groups is 1. The van der Waals surface area contributed by atoms with Crippen molar-refractivity contribution >= 4 is 29.2 Å². The third-order valence-corrected chi connectivity index (χ3v) is 7.91. The number of halogens is 4. The Morgan fingerprint density at radius 2 is 1.76 bits per heavy atom. The Bertz CT molecular complexity index is 1290. The summed E-state index contributed by atoms with van der Waals surface area (Å²) in [5, 5.41) is 0.783. The van der Waals surface area contributed by atoms with Crippen molar-refractivity contribution in [3.63, 3.8) is 0 Å². The van der Waals surface area contributed by atoms with Gasteiger partial charge >= 0.3 is 12.6 Å². The molecule has 0 spiro atoms. The van der Waals surface area contributed by atoms with Crippen molar-refractivity contribution in [1.82, 2.24) is 4.90 Å². The first-order chi connectivity index (χ1) is 19.4. The molecule has 41 heavy (non-hydrogen) atoms. The van der Waals surface area contributed by atoms with Gasteiger partial charge in [0.2, 0.25) is 0 Å². The molecular formula is C30H32Cl2F2N2O5. The number of carbonyl (C=O) groups excluding carboxylic acids is 1. The third kappa shape index (κ3) is 8.29. The van der Waals surface area contributed by atoms with E-state index in [1.54, 1.807) is 24.5 Å². The van der Waals surface area contributed by atoms with Crippen molar-refractivity contribution < 1.29 is 38.2 Å². The van der Waals surface area contributed by atoms with Crippen molar-refractivity contribution in [3.05, 3.63) is 87.7 Å². The molecule has 2 atom stereocenters. The van der Waals surface area contributed by atoms with Crippen molar-refractivity contribution in [2.45, 2.75) is 57.4 Å². The zero-order valence-corrected chi connectivity index (χ0v) is 23.8. The molecule has 1 saturated heterocycles. The second kappa shape index (κ2) is 14.3. The second-order valence-corrected chi connectivity index (χ2v) is 11.0. The van der Waals surface area contributed by atoms with Crippen LogP contribution < -0.4 is 14.5 Å². The van der Waals surface area contributed by atoms with Crippen LogP contribution in [-0.2, 0) is 22.5 Å². The molecule has 2 aromatic carbocycles. The fourth-order valence-corrected chi connectivity index (χ4v) is 5.46. The Balaban J connectivity index is 0.00000387. The lowest BCUT2D eigenvalue weighted by atomic mass is 10.0. The van der Waals surface area contributed by atoms with Gasteiger partial charge in [0, 0.05) is 18.5 Å². The van der Waals surface area contributed by atoms with Gasteiger partial charge in [0.25, 0.3) is 0 Å². The van der Waals surface area contributed by atoms with Crippen LogP contribution in [-0.4, -0.2) is 42.2 Å². The second-order valence-electron chi connectivity index (χ2n) is 10.2. The number of ether oxygens (including phenoxy) is 3. The molecule has 1 aromatic heterocycles. The van der Waals surface area contributed by atoms with E-state index in [2.05, 4.69) is 9.88 Å². The van der Waals surface area contributed by atoms with Gasteiger partial charge in [-0.25, -0.2) is 4.98 Å². The third-order valence-electron chi connectivity index (χ3n) is 7.24. The number of nitrogens with zero attached hydrogens (tertiary/aromatic N) is 1. The molecule has 2 heterocycles. The van der Waals surface area contributed by atoms with Crippen molar-refractivity contribution in [1.29, 1.82) is 0 Å². The molecule has 1 aliphatic heterocycles. The molecule has 0 unspecified atom stereocenters. The first-order valence-corrected chi connectivity index (χ1v) is 14.2. The molecule has 11 heteroatoms. The van der Waals surface area contributed by atoms with Gasteiger partial charge in [0.15, 0.2) is 23.9 Å². The molecular weight excluding hydrogens is 577 g/mol. The maximum Gasteiger partial charge on any atom is 0.387 e. The highest BCUT2D eigenvalue weighted by Crippen LogP contribution is 2.38. The van der Waals surface area contributed by atoms with E-state index in [4.69, 9.17) is 37.4 Å². The molecule has 1 saturated carbocycles. The number of rotatable bonds is 12. The Morgan fingerprint density at radius 3 is 2.44 bits per heavy atom. The van der Waals surface area contributed by atoms with Crippen LogP contribution in [0.1, 0.15) is 48.5 Å². The molecule has 1 aliphatic carbocycles. The van der Waals surface area contributed by atoms with Crippen LogP contribution in [0, 0.1) is 5.92 Å². The van der Waals surface area contributed by atoms with Crippen molar-refractivity contribution in [3.8, 4) is 11.5 Å². The first kappa shape index (κ1) is 31.0. The highest BCUT2D eigenvalue weighted by atomic mass is 35.5. The van der Waals surface area contributed by atoms with Gasteiger partial charge in [-0.3, -0.25) is 9.69 Å². The highest BCUT2D eigenvalue weighted by Gasteiger charge is 2.34. The van der Waals surface area contributed by atoms with Gasteiger partial charge < -0.3 is 19.7 Å². The summed E-state index contributed by atoms with van der Waals surface area (Å²) in [6.45, 7) is -1.18. The minimum absolute atomic E-state index is 0. The van der Waals surface area contributed by atoms with Crippen LogP contribution in [0.5, 0.6) is 11.5 Å². The van der Waals surface area contributed by atoms with E-state index in [0.717, 1.165) is 31.4 Å². The number of H-pyrrole nitrogens is 1. The van der Waals surface area contributed by atoms with Gasteiger partial charge in [-0.15, -0.1) is 0 Å². The Labute approximate surface area is 247 Å². The number of aromatic amines is 1. The summed E-state index contributed by atoms with van der Waals surface area (Å²) in [6, 6.07) is 14.2. The summed E-state index contributed by atoms with van der Waals surface area (Å²) in [5.74, 6) is 0.143. The van der Waals surface area contributed by atoms with Crippen LogP contribution >= 0.6 is 23.2 Å². The number of aromatic nitrogens is 1. The largest absolute Gasteiger partial charge is 0.870 e. The summed E-state index contributed by atoms with van der Waals surface area (Å²) >= 11 is 12.9. The Morgan fingerprint density at radius 1 is 1.02 bits per heavy atom. The van der Waals surface area contributed by atoms with E-state index in [1.165, 1.54) is 6.07 Å². The van der Waals surface area contributed by atoms with E-state index in [-0.39, 0.29) is 29.4 Å². The molecule has 0 amide bonds. The van der Waals surface area contributed by atoms with Crippen LogP contribution in [0.2, 0.25) is 10.0 Å². The Hall–Kier alpha value is -2.98. The standard InChI is InChI=1S/C30H30Cl2F2N2O4.H2O/c31-23-15-35-16-24(32)22(23)14-27(21-10-11-26(40-30(33)34)28(13-21)38-18-20-8-9-20)39-29(37)25-7-4-12-36(25)17-19-5-2-1-3-6-19;/h1-3,5-6,10-11,13,15-16,20,25,27,30H,4,7-9,12,14,17-18H2;1H2/t25-,27-;/m0./s1. The lowest BCUT2D eigenvalue weighted by Crippen LogP contribution is -2.37. The summed E-state index contributed by atoms with van der Waals surface area (Å²) in [6.07, 6.45) is 6.21. The summed E-state index contributed by atoms with van der Waals surface area (Å²) < 4.78 is 42.9. The monoisotopic (exact) mass is 608 g/mol. The van der Waals surface area contributed by atoms with E-state index < -0.39 is 18.8 Å². The molecule has 2 fully saturated rings. The van der Waals surface area contributed by atoms with Crippen LogP contribution in [0.25, 0.3) is 0 Å². The van der Waals surface area contributed by atoms with Crippen molar-refractivity contribution in [2.75, 3.05) is 13.2 Å². The number of nitrogens with one attached hydrogen (secondary N) is 1. The molecule has 3 aromatic rings. The van der Waals surface area contributed by atoms with Gasteiger partial charge in [-0.05, 0) is 61.4 Å². The average Bonchev–Trinajstić information content (AvgIpc) is 3.65. The lowest BCUT2D eigenvalue weighted by Gasteiger charge is -2.26. The number of hydrogen-bond donors (Lipinski definition) is 0. The number of alkyl halides is 2. The molecule has 2 aliphatic rings. The maximum atomic E-state index is 13.6. The molecule has 220 valence electrons. The molecule has 0 bridgehead atoms. The fraction of sp³-hybridized carbons (Fsp3) is 0.400. The SMILES string of the molecule is O=C(O[C@@H](Cc1c(Cl)c[nH+]cc1Cl)c1ccc(OC(F)F)c(OCC2CC2)c1)[C@@H]1CCCN1Cc1ccccc1.[OH-]. The van der Waals surface area contributed by atoms with E-state index in [9.17, 15) is 13.6 Å². The molecule has 5 rings (SSSR count). The quantitative estimate of drug-likeness (QED) is 0.218. The number of likely N-dealkylation sites (tertiary alicyclic amines) is 1. The van der Waals surface area contributed by atoms with E-state index in [0.29, 0.717) is 46.7 Å². The topological polar surface area (TPSA) is 92.1 Å². The van der Waals surface area contributed by atoms with E-state index >= 15 is 0 Å². The van der Waals surface area contributed by atoms with Crippen LogP contribution in [0.3, 0.4) is 0 Å². The smallest absolute Gasteiger partial charge is 0.387 e. The minimum atomic E-state index is -3.00. The predicted octanol–water partition coefficient (Wildman–Crippen LogP) is 6.51. The summed E-state index contributed by atoms with van der Waals surface area (Å²) in [5.41, 5.74) is 2.28. The summed E-state index contributed by atoms with van der Waals surface area (Å²) in [4.78, 5) is 18.6. The predicted molar refractivity (Wildman–Crippen MR) is 149 cm³/mol. The van der Waals surface area contributed by atoms with Crippen LogP contribution in [0.15, 0.2) is 60.9 Å². The van der Waals surface area contributed by atoms with Gasteiger partial charge in [-0.2, -0.15) is 8.78 Å². The fourth-order valence-electron chi connectivity index (χ4n) is 4.93. The van der Waals surface area contributed by atoms with Gasteiger partial charge in [0.1, 0.15) is 22.2 Å². The van der Waals surface area contributed by atoms with Gasteiger partial charge in [0.05, 0.1) is 6.61 Å². The highest BCUT2D eigenvalue weighted by molar-refractivity contribution is 6.35. The number of esters is 1. The van der Waals surface area contributed by atoms with E-state index in [1.807, 2.05) is 30.3 Å². The number of pyridine rings is 1. The molecule has 2 N–H and O–H groups in total. The molecule has 0 radical (unpaired) electrons. The minimum Gasteiger partial charge on any atom is -0.870 e. The van der Waals surface area contributed by atoms with Gasteiger partial charge in [-0.1, -0.05) is 59.6 Å². The maximum absolute atomic E-state index is 13.6. The number of hydrogen-bond acceptors (Lipinski definition) is 6. The van der Waals surface area contributed by atoms with Crippen molar-refractivity contribution in [2.24, 2.45) is 5.92 Å². The zero-order chi connectivity index (χ0) is 28.1. The Kier molecular flexibility index (Phi) is 10.8. The zero-order valence-electron chi connectivity index (χ0n) is 22.3. The summed E-state index contributed by atoms with van der Waals surface area (Å²) in [7, 11) is 0. The average molecular weight is 609 g/mol.